The lowest BCUT2D eigenvalue weighted by Gasteiger charge is -2.51. The zero-order valence-electron chi connectivity index (χ0n) is 17.2. The highest BCUT2D eigenvalue weighted by atomic mass is 28.4. The van der Waals surface area contributed by atoms with Crippen LogP contribution in [0.3, 0.4) is 0 Å². The Morgan fingerprint density at radius 2 is 1.69 bits per heavy atom. The van der Waals surface area contributed by atoms with Gasteiger partial charge in [0.1, 0.15) is 6.10 Å². The van der Waals surface area contributed by atoms with Gasteiger partial charge in [-0.25, -0.2) is 0 Å². The molecule has 2 heterocycles. The molecule has 0 bridgehead atoms. The molecule has 26 heavy (non-hydrogen) atoms. The van der Waals surface area contributed by atoms with Crippen molar-refractivity contribution in [3.05, 3.63) is 35.9 Å². The Morgan fingerprint density at radius 1 is 1.04 bits per heavy atom. The third-order valence-electron chi connectivity index (χ3n) is 6.26. The predicted molar refractivity (Wildman–Crippen MR) is 106 cm³/mol. The molecule has 3 rings (SSSR count). The van der Waals surface area contributed by atoms with E-state index >= 15 is 0 Å². The van der Waals surface area contributed by atoms with Gasteiger partial charge in [0.25, 0.3) is 0 Å². The van der Waals surface area contributed by atoms with Gasteiger partial charge >= 0.3 is 0 Å². The van der Waals surface area contributed by atoms with E-state index in [4.69, 9.17) is 18.6 Å². The smallest absolute Gasteiger partial charge is 0.192 e. The third kappa shape index (κ3) is 3.92. The summed E-state index contributed by atoms with van der Waals surface area (Å²) in [7, 11) is -1.88. The van der Waals surface area contributed by atoms with E-state index in [2.05, 4.69) is 47.7 Å². The molecule has 0 aromatic heterocycles. The van der Waals surface area contributed by atoms with Crippen molar-refractivity contribution in [2.75, 3.05) is 6.61 Å². The van der Waals surface area contributed by atoms with E-state index < -0.39 is 8.32 Å². The molecule has 2 fully saturated rings. The fourth-order valence-corrected chi connectivity index (χ4v) is 5.04. The molecular formula is C21H34O4Si. The summed E-state index contributed by atoms with van der Waals surface area (Å²) in [6.45, 7) is 16.3. The topological polar surface area (TPSA) is 36.9 Å². The number of rotatable bonds is 3. The van der Waals surface area contributed by atoms with Crippen LogP contribution in [0.4, 0.5) is 0 Å². The van der Waals surface area contributed by atoms with E-state index in [0.29, 0.717) is 6.61 Å². The van der Waals surface area contributed by atoms with Gasteiger partial charge in [-0.15, -0.1) is 0 Å². The maximum absolute atomic E-state index is 6.75. The molecule has 0 radical (unpaired) electrons. The zero-order chi connectivity index (χ0) is 19.1. The molecule has 0 spiro atoms. The molecule has 0 aliphatic carbocycles. The highest BCUT2D eigenvalue weighted by molar-refractivity contribution is 6.74. The van der Waals surface area contributed by atoms with Crippen molar-refractivity contribution in [1.82, 2.24) is 0 Å². The van der Waals surface area contributed by atoms with Crippen LogP contribution in [-0.4, -0.2) is 39.3 Å². The molecule has 0 amide bonds. The van der Waals surface area contributed by atoms with Gasteiger partial charge in [-0.05, 0) is 25.1 Å². The Bertz CT molecular complexity index is 598. The minimum atomic E-state index is -1.88. The minimum absolute atomic E-state index is 0.0140. The predicted octanol–water partition coefficient (Wildman–Crippen LogP) is 4.91. The summed E-state index contributed by atoms with van der Waals surface area (Å²) < 4.78 is 25.3. The Balaban J connectivity index is 1.75. The molecule has 2 saturated heterocycles. The second-order valence-corrected chi connectivity index (χ2v) is 14.0. The van der Waals surface area contributed by atoms with E-state index in [1.807, 2.05) is 30.3 Å². The van der Waals surface area contributed by atoms with Gasteiger partial charge in [0.2, 0.25) is 0 Å². The van der Waals surface area contributed by atoms with Gasteiger partial charge < -0.3 is 18.6 Å². The normalized spacial score (nSPS) is 35.8. The maximum atomic E-state index is 6.75. The molecule has 3 unspecified atom stereocenters. The number of fused-ring (bicyclic) bond motifs is 1. The third-order valence-corrected chi connectivity index (χ3v) is 10.7. The first-order chi connectivity index (χ1) is 12.1. The molecule has 0 N–H and O–H groups in total. The second kappa shape index (κ2) is 7.36. The zero-order valence-corrected chi connectivity index (χ0v) is 18.2. The monoisotopic (exact) mass is 378 g/mol. The van der Waals surface area contributed by atoms with Crippen LogP contribution in [0.25, 0.3) is 0 Å². The molecule has 2 aliphatic rings. The van der Waals surface area contributed by atoms with Crippen LogP contribution < -0.4 is 0 Å². The van der Waals surface area contributed by atoms with Crippen LogP contribution in [0.5, 0.6) is 0 Å². The van der Waals surface area contributed by atoms with Crippen molar-refractivity contribution in [1.29, 1.82) is 0 Å². The summed E-state index contributed by atoms with van der Waals surface area (Å²) in [6.07, 6.45) is -0.280. The van der Waals surface area contributed by atoms with E-state index in [1.165, 1.54) is 0 Å². The molecule has 0 saturated carbocycles. The van der Waals surface area contributed by atoms with Crippen LogP contribution >= 0.6 is 0 Å². The molecule has 4 nitrogen and oxygen atoms in total. The molecule has 1 aromatic carbocycles. The van der Waals surface area contributed by atoms with Crippen molar-refractivity contribution < 1.29 is 18.6 Å². The largest absolute Gasteiger partial charge is 0.411 e. The second-order valence-electron chi connectivity index (χ2n) is 9.26. The maximum Gasteiger partial charge on any atom is 0.192 e. The van der Waals surface area contributed by atoms with E-state index in [-0.39, 0.29) is 41.7 Å². The fraction of sp³-hybridized carbons (Fsp3) is 0.714. The van der Waals surface area contributed by atoms with Gasteiger partial charge in [-0.1, -0.05) is 58.0 Å². The average Bonchev–Trinajstić information content (AvgIpc) is 2.58. The lowest BCUT2D eigenvalue weighted by Crippen LogP contribution is -2.60. The summed E-state index contributed by atoms with van der Waals surface area (Å²) in [6, 6.07) is 10.1. The van der Waals surface area contributed by atoms with Crippen LogP contribution in [0.2, 0.25) is 18.1 Å². The van der Waals surface area contributed by atoms with E-state index in [1.54, 1.807) is 0 Å². The van der Waals surface area contributed by atoms with Crippen LogP contribution in [0, 0.1) is 5.92 Å². The Kier molecular flexibility index (Phi) is 5.67. The first kappa shape index (κ1) is 20.0. The quantitative estimate of drug-likeness (QED) is 0.700. The molecule has 5 heteroatoms. The molecular weight excluding hydrogens is 344 g/mol. The van der Waals surface area contributed by atoms with Gasteiger partial charge in [0.05, 0.1) is 24.9 Å². The first-order valence-corrected chi connectivity index (χ1v) is 12.7. The summed E-state index contributed by atoms with van der Waals surface area (Å²) in [5.74, 6) is 0.257. The minimum Gasteiger partial charge on any atom is -0.411 e. The SMILES string of the molecule is C[C@@H]1C(O[Si](C)(C)C(C)(C)C)[C@@H](C)OC2COC(c3ccccc3)O[C@H]21. The van der Waals surface area contributed by atoms with Crippen molar-refractivity contribution in [2.45, 2.75) is 83.5 Å². The summed E-state index contributed by atoms with van der Waals surface area (Å²) in [5, 5.41) is 0.173. The number of hydrogen-bond donors (Lipinski definition) is 0. The Labute approximate surface area is 159 Å². The highest BCUT2D eigenvalue weighted by Gasteiger charge is 2.50. The van der Waals surface area contributed by atoms with Gasteiger partial charge in [0.15, 0.2) is 14.6 Å². The van der Waals surface area contributed by atoms with Crippen LogP contribution in [0.1, 0.15) is 46.5 Å². The lowest BCUT2D eigenvalue weighted by atomic mass is 9.87. The van der Waals surface area contributed by atoms with E-state index in [9.17, 15) is 0 Å². The van der Waals surface area contributed by atoms with Crippen molar-refractivity contribution in [3.63, 3.8) is 0 Å². The highest BCUT2D eigenvalue weighted by Crippen LogP contribution is 2.42. The van der Waals surface area contributed by atoms with Gasteiger partial charge in [0, 0.05) is 11.5 Å². The Morgan fingerprint density at radius 3 is 2.31 bits per heavy atom. The molecule has 1 aromatic rings. The van der Waals surface area contributed by atoms with Gasteiger partial charge in [-0.3, -0.25) is 0 Å². The van der Waals surface area contributed by atoms with Crippen LogP contribution in [0.15, 0.2) is 30.3 Å². The standard InChI is InChI=1S/C21H34O4Si/c1-14-18(25-26(6,7)21(3,4)5)15(2)23-17-13-22-20(24-19(14)17)16-11-9-8-10-12-16/h8-12,14-15,17-20H,13H2,1-7H3/t14-,15-,17?,18?,19+,20?/m1/s1. The number of hydrogen-bond acceptors (Lipinski definition) is 4. The molecule has 6 atom stereocenters. The van der Waals surface area contributed by atoms with Crippen molar-refractivity contribution >= 4 is 8.32 Å². The molecule has 146 valence electrons. The summed E-state index contributed by atoms with van der Waals surface area (Å²) in [5.41, 5.74) is 1.05. The molecule has 2 aliphatic heterocycles. The number of benzene rings is 1. The number of ether oxygens (including phenoxy) is 3. The Hall–Kier alpha value is -0.723. The first-order valence-electron chi connectivity index (χ1n) is 9.75. The lowest BCUT2D eigenvalue weighted by molar-refractivity contribution is -0.313. The van der Waals surface area contributed by atoms with Crippen molar-refractivity contribution in [3.8, 4) is 0 Å². The van der Waals surface area contributed by atoms with Crippen molar-refractivity contribution in [2.24, 2.45) is 5.92 Å². The fourth-order valence-electron chi connectivity index (χ4n) is 3.60. The average molecular weight is 379 g/mol. The summed E-state index contributed by atoms with van der Waals surface area (Å²) in [4.78, 5) is 0. The summed E-state index contributed by atoms with van der Waals surface area (Å²) >= 11 is 0. The van der Waals surface area contributed by atoms with Crippen LogP contribution in [-0.2, 0) is 18.6 Å². The van der Waals surface area contributed by atoms with E-state index in [0.717, 1.165) is 5.56 Å². The van der Waals surface area contributed by atoms with Gasteiger partial charge in [-0.2, -0.15) is 0 Å².